The minimum atomic E-state index is -4.36. The molecule has 0 fully saturated rings. The van der Waals surface area contributed by atoms with E-state index in [-0.39, 0.29) is 29.3 Å². The Labute approximate surface area is 273 Å². The van der Waals surface area contributed by atoms with Crippen molar-refractivity contribution in [2.24, 2.45) is 0 Å². The standard InChI is InChI=1S/C33H33Cl2N3O6S/c1-36-33(40)29(19-23-9-5-4-6-10-23)37(21-24-11-7-8-12-28(24)35)32(39)22-38(26-15-13-25(34)14-16-26)45(41,42)27-17-18-30(43-2)31(20-27)44-3/h4-18,20,29H,19,21-22H2,1-3H3,(H,36,40). The summed E-state index contributed by atoms with van der Waals surface area (Å²) in [5.74, 6) is -0.506. The van der Waals surface area contributed by atoms with Crippen molar-refractivity contribution < 1.29 is 27.5 Å². The van der Waals surface area contributed by atoms with E-state index in [0.717, 1.165) is 9.87 Å². The first-order valence-corrected chi connectivity index (χ1v) is 16.1. The van der Waals surface area contributed by atoms with E-state index in [1.165, 1.54) is 68.6 Å². The molecule has 9 nitrogen and oxygen atoms in total. The first-order chi connectivity index (χ1) is 21.6. The highest BCUT2D eigenvalue weighted by molar-refractivity contribution is 7.92. The number of anilines is 1. The van der Waals surface area contributed by atoms with Crippen molar-refractivity contribution in [2.45, 2.75) is 23.9 Å². The van der Waals surface area contributed by atoms with Gasteiger partial charge in [-0.25, -0.2) is 8.42 Å². The highest BCUT2D eigenvalue weighted by atomic mass is 35.5. The number of methoxy groups -OCH3 is 2. The van der Waals surface area contributed by atoms with Crippen LogP contribution in [0.15, 0.2) is 102 Å². The van der Waals surface area contributed by atoms with E-state index in [4.69, 9.17) is 32.7 Å². The molecule has 1 atom stereocenters. The molecule has 0 heterocycles. The number of rotatable bonds is 13. The third kappa shape index (κ3) is 8.08. The van der Waals surface area contributed by atoms with Crippen LogP contribution in [0, 0.1) is 0 Å². The van der Waals surface area contributed by atoms with E-state index in [1.807, 2.05) is 30.3 Å². The number of nitrogens with zero attached hydrogens (tertiary/aromatic N) is 2. The van der Waals surface area contributed by atoms with Gasteiger partial charge in [0.25, 0.3) is 10.0 Å². The molecule has 0 aromatic heterocycles. The zero-order valence-electron chi connectivity index (χ0n) is 24.9. The summed E-state index contributed by atoms with van der Waals surface area (Å²) in [6, 6.07) is 25.5. The van der Waals surface area contributed by atoms with Gasteiger partial charge in [0.05, 0.1) is 24.8 Å². The maximum absolute atomic E-state index is 14.4. The van der Waals surface area contributed by atoms with Crippen LogP contribution >= 0.6 is 23.2 Å². The summed E-state index contributed by atoms with van der Waals surface area (Å²) in [5, 5.41) is 3.44. The minimum Gasteiger partial charge on any atom is -0.493 e. The van der Waals surface area contributed by atoms with Gasteiger partial charge in [0.15, 0.2) is 11.5 Å². The lowest BCUT2D eigenvalue weighted by molar-refractivity contribution is -0.139. The number of hydrogen-bond donors (Lipinski definition) is 1. The number of likely N-dealkylation sites (N-methyl/N-ethyl adjacent to an activating group) is 1. The van der Waals surface area contributed by atoms with Crippen LogP contribution < -0.4 is 19.1 Å². The van der Waals surface area contributed by atoms with E-state index in [1.54, 1.807) is 24.3 Å². The Kier molecular flexibility index (Phi) is 11.3. The Hall–Kier alpha value is -4.25. The predicted molar refractivity (Wildman–Crippen MR) is 176 cm³/mol. The second-order valence-corrected chi connectivity index (χ2v) is 12.6. The number of amides is 2. The van der Waals surface area contributed by atoms with Crippen LogP contribution in [0.1, 0.15) is 11.1 Å². The number of benzene rings is 4. The van der Waals surface area contributed by atoms with Gasteiger partial charge in [0.1, 0.15) is 12.6 Å². The van der Waals surface area contributed by atoms with Crippen molar-refractivity contribution in [1.82, 2.24) is 10.2 Å². The van der Waals surface area contributed by atoms with Gasteiger partial charge in [-0.1, -0.05) is 71.7 Å². The summed E-state index contributed by atoms with van der Waals surface area (Å²) >= 11 is 12.6. The van der Waals surface area contributed by atoms with Crippen molar-refractivity contribution in [2.75, 3.05) is 32.1 Å². The molecule has 12 heteroatoms. The van der Waals surface area contributed by atoms with Crippen LogP contribution in [0.2, 0.25) is 10.0 Å². The number of nitrogens with one attached hydrogen (secondary N) is 1. The number of carbonyl (C=O) groups excluding carboxylic acids is 2. The SMILES string of the molecule is CNC(=O)C(Cc1ccccc1)N(Cc1ccccc1Cl)C(=O)CN(c1ccc(Cl)cc1)S(=O)(=O)c1ccc(OC)c(OC)c1. The summed E-state index contributed by atoms with van der Waals surface area (Å²) in [7, 11) is -0.0409. The average molecular weight is 671 g/mol. The van der Waals surface area contributed by atoms with Gasteiger partial charge in [-0.05, 0) is 53.6 Å². The molecule has 4 rings (SSSR count). The topological polar surface area (TPSA) is 105 Å². The number of ether oxygens (including phenoxy) is 2. The third-order valence-electron chi connectivity index (χ3n) is 7.15. The summed E-state index contributed by atoms with van der Waals surface area (Å²) in [6.07, 6.45) is 0.181. The highest BCUT2D eigenvalue weighted by Gasteiger charge is 2.35. The van der Waals surface area contributed by atoms with E-state index in [0.29, 0.717) is 21.4 Å². The second-order valence-electron chi connectivity index (χ2n) is 9.94. The molecule has 45 heavy (non-hydrogen) atoms. The molecule has 1 unspecified atom stereocenters. The average Bonchev–Trinajstić information content (AvgIpc) is 3.06. The van der Waals surface area contributed by atoms with E-state index in [2.05, 4.69) is 5.32 Å². The molecular weight excluding hydrogens is 637 g/mol. The number of halogens is 2. The lowest BCUT2D eigenvalue weighted by atomic mass is 10.0. The van der Waals surface area contributed by atoms with Gasteiger partial charge in [0, 0.05) is 36.1 Å². The van der Waals surface area contributed by atoms with Crippen LogP contribution in [0.3, 0.4) is 0 Å². The smallest absolute Gasteiger partial charge is 0.264 e. The van der Waals surface area contributed by atoms with Crippen LogP contribution in [-0.2, 0) is 32.6 Å². The molecule has 236 valence electrons. The van der Waals surface area contributed by atoms with Gasteiger partial charge >= 0.3 is 0 Å². The molecule has 0 saturated heterocycles. The largest absolute Gasteiger partial charge is 0.493 e. The van der Waals surface area contributed by atoms with E-state index < -0.39 is 34.4 Å². The van der Waals surface area contributed by atoms with Crippen molar-refractivity contribution in [3.8, 4) is 11.5 Å². The fourth-order valence-electron chi connectivity index (χ4n) is 4.77. The maximum atomic E-state index is 14.4. The molecule has 0 spiro atoms. The molecule has 1 N–H and O–H groups in total. The molecule has 4 aromatic rings. The second kappa shape index (κ2) is 15.2. The van der Waals surface area contributed by atoms with E-state index >= 15 is 0 Å². The Morgan fingerprint density at radius 3 is 2.11 bits per heavy atom. The molecular formula is C33H33Cl2N3O6S. The molecule has 0 aliphatic heterocycles. The van der Waals surface area contributed by atoms with Crippen LogP contribution in [-0.4, -0.2) is 59.0 Å². The van der Waals surface area contributed by atoms with Gasteiger partial charge in [-0.2, -0.15) is 0 Å². The molecule has 0 saturated carbocycles. The maximum Gasteiger partial charge on any atom is 0.264 e. The normalized spacial score (nSPS) is 11.8. The summed E-state index contributed by atoms with van der Waals surface area (Å²) in [4.78, 5) is 29.0. The van der Waals surface area contributed by atoms with Crippen molar-refractivity contribution in [3.05, 3.63) is 118 Å². The van der Waals surface area contributed by atoms with Crippen molar-refractivity contribution in [1.29, 1.82) is 0 Å². The molecule has 4 aromatic carbocycles. The first-order valence-electron chi connectivity index (χ1n) is 13.9. The summed E-state index contributed by atoms with van der Waals surface area (Å²) in [5.41, 5.74) is 1.60. The fraction of sp³-hybridized carbons (Fsp3) is 0.212. The number of carbonyl (C=O) groups is 2. The predicted octanol–water partition coefficient (Wildman–Crippen LogP) is 5.59. The van der Waals surface area contributed by atoms with E-state index in [9.17, 15) is 18.0 Å². The van der Waals surface area contributed by atoms with Gasteiger partial charge in [-0.3, -0.25) is 13.9 Å². The molecule has 0 aliphatic rings. The zero-order valence-corrected chi connectivity index (χ0v) is 27.3. The first kappa shape index (κ1) is 33.6. The molecule has 0 aliphatic carbocycles. The third-order valence-corrected chi connectivity index (χ3v) is 9.54. The van der Waals surface area contributed by atoms with Gasteiger partial charge in [-0.15, -0.1) is 0 Å². The highest BCUT2D eigenvalue weighted by Crippen LogP contribution is 2.33. The van der Waals surface area contributed by atoms with Crippen LogP contribution in [0.4, 0.5) is 5.69 Å². The van der Waals surface area contributed by atoms with Crippen LogP contribution in [0.5, 0.6) is 11.5 Å². The van der Waals surface area contributed by atoms with Crippen molar-refractivity contribution in [3.63, 3.8) is 0 Å². The Morgan fingerprint density at radius 1 is 0.844 bits per heavy atom. The monoisotopic (exact) mass is 669 g/mol. The Morgan fingerprint density at radius 2 is 1.49 bits per heavy atom. The Bertz CT molecular complexity index is 1740. The lowest BCUT2D eigenvalue weighted by Crippen LogP contribution is -2.53. The Balaban J connectivity index is 1.81. The summed E-state index contributed by atoms with van der Waals surface area (Å²) < 4.78 is 40.1. The molecule has 2 amide bonds. The quantitative estimate of drug-likeness (QED) is 0.199. The fourth-order valence-corrected chi connectivity index (χ4v) is 6.52. The minimum absolute atomic E-state index is 0.0473. The van der Waals surface area contributed by atoms with Crippen LogP contribution in [0.25, 0.3) is 0 Å². The van der Waals surface area contributed by atoms with Crippen molar-refractivity contribution >= 4 is 50.7 Å². The lowest BCUT2D eigenvalue weighted by Gasteiger charge is -2.33. The van der Waals surface area contributed by atoms with Gasteiger partial charge in [0.2, 0.25) is 11.8 Å². The number of hydrogen-bond acceptors (Lipinski definition) is 6. The summed E-state index contributed by atoms with van der Waals surface area (Å²) in [6.45, 7) is -0.681. The zero-order chi connectivity index (χ0) is 32.6. The molecule has 0 bridgehead atoms. The van der Waals surface area contributed by atoms with Gasteiger partial charge < -0.3 is 19.7 Å². The molecule has 0 radical (unpaired) electrons. The number of sulfonamides is 1.